The molecule has 0 saturated carbocycles. The number of nitrogens with one attached hydrogen (secondary N) is 1. The van der Waals surface area contributed by atoms with Crippen LogP contribution in [0, 0.1) is 0 Å². The van der Waals surface area contributed by atoms with Crippen molar-refractivity contribution >= 4 is 40.8 Å². The number of imide groups is 1. The largest absolute Gasteiger partial charge is 0.462 e. The number of carbonyl (C=O) groups is 3. The molecule has 2 amide bonds. The fraction of sp³-hybridized carbons (Fsp3) is 0.0800. The number of hydrogen-bond donors (Lipinski definition) is 1. The van der Waals surface area contributed by atoms with Crippen molar-refractivity contribution in [1.29, 1.82) is 0 Å². The van der Waals surface area contributed by atoms with Gasteiger partial charge in [-0.25, -0.2) is 9.69 Å². The summed E-state index contributed by atoms with van der Waals surface area (Å²) in [7, 11) is 0. The number of esters is 1. The molecule has 3 aromatic carbocycles. The van der Waals surface area contributed by atoms with Crippen LogP contribution < -0.4 is 15.0 Å². The van der Waals surface area contributed by atoms with Crippen molar-refractivity contribution in [3.05, 3.63) is 95.2 Å². The third-order valence-corrected chi connectivity index (χ3v) is 5.12. The highest BCUT2D eigenvalue weighted by Crippen LogP contribution is 2.31. The summed E-state index contributed by atoms with van der Waals surface area (Å²) in [5.74, 6) is -0.425. The first-order valence-corrected chi connectivity index (χ1v) is 10.5. The number of anilines is 2. The van der Waals surface area contributed by atoms with E-state index in [1.807, 2.05) is 30.3 Å². The molecular weight excluding hydrogens is 444 g/mol. The maximum atomic E-state index is 12.9. The van der Waals surface area contributed by atoms with E-state index in [-0.39, 0.29) is 17.3 Å². The number of amides is 2. The highest BCUT2D eigenvalue weighted by atomic mass is 35.5. The van der Waals surface area contributed by atoms with Gasteiger partial charge in [0, 0.05) is 5.69 Å². The number of para-hydroxylation sites is 1. The zero-order chi connectivity index (χ0) is 23.4. The summed E-state index contributed by atoms with van der Waals surface area (Å²) < 4.78 is 10.7. The van der Waals surface area contributed by atoms with Crippen LogP contribution in [0.25, 0.3) is 0 Å². The van der Waals surface area contributed by atoms with Crippen molar-refractivity contribution in [3.63, 3.8) is 0 Å². The van der Waals surface area contributed by atoms with Gasteiger partial charge in [-0.1, -0.05) is 29.8 Å². The van der Waals surface area contributed by atoms with E-state index in [1.54, 1.807) is 31.2 Å². The molecule has 0 aromatic heterocycles. The van der Waals surface area contributed by atoms with Crippen LogP contribution in [0.3, 0.4) is 0 Å². The minimum Gasteiger partial charge on any atom is -0.462 e. The second-order valence-electron chi connectivity index (χ2n) is 6.97. The molecule has 7 nitrogen and oxygen atoms in total. The molecular formula is C25H19ClN2O5. The van der Waals surface area contributed by atoms with Gasteiger partial charge in [0.15, 0.2) is 0 Å². The van der Waals surface area contributed by atoms with Crippen LogP contribution in [0.4, 0.5) is 11.4 Å². The van der Waals surface area contributed by atoms with Crippen LogP contribution in [-0.2, 0) is 14.3 Å². The van der Waals surface area contributed by atoms with Gasteiger partial charge in [-0.2, -0.15) is 0 Å². The zero-order valence-corrected chi connectivity index (χ0v) is 18.3. The lowest BCUT2D eigenvalue weighted by atomic mass is 10.2. The molecule has 0 radical (unpaired) electrons. The van der Waals surface area contributed by atoms with Crippen LogP contribution >= 0.6 is 11.6 Å². The summed E-state index contributed by atoms with van der Waals surface area (Å²) in [4.78, 5) is 38.4. The lowest BCUT2D eigenvalue weighted by Gasteiger charge is -2.15. The normalized spacial score (nSPS) is 13.3. The van der Waals surface area contributed by atoms with Gasteiger partial charge in [0.2, 0.25) is 0 Å². The maximum absolute atomic E-state index is 12.9. The Morgan fingerprint density at radius 2 is 1.52 bits per heavy atom. The molecule has 1 heterocycles. The fourth-order valence-corrected chi connectivity index (χ4v) is 3.39. The van der Waals surface area contributed by atoms with Crippen molar-refractivity contribution < 1.29 is 23.9 Å². The third kappa shape index (κ3) is 4.73. The average Bonchev–Trinajstić information content (AvgIpc) is 3.04. The standard InChI is InChI=1S/C25H19ClN2O5/c1-2-32-25(31)16-8-12-18(13-9-16)28-23(29)21(26)22(24(28)30)27-17-10-14-20(15-11-17)33-19-6-4-3-5-7-19/h3-15,27H,2H2,1H3. The molecule has 0 spiro atoms. The number of benzene rings is 3. The number of nitrogens with zero attached hydrogens (tertiary/aromatic N) is 1. The summed E-state index contributed by atoms with van der Waals surface area (Å²) in [6, 6.07) is 22.2. The molecule has 0 saturated heterocycles. The lowest BCUT2D eigenvalue weighted by molar-refractivity contribution is -0.120. The Morgan fingerprint density at radius 1 is 0.879 bits per heavy atom. The van der Waals surface area contributed by atoms with Gasteiger partial charge in [-0.3, -0.25) is 9.59 Å². The SMILES string of the molecule is CCOC(=O)c1ccc(N2C(=O)C(Cl)=C(Nc3ccc(Oc4ccccc4)cc3)C2=O)cc1. The first-order valence-electron chi connectivity index (χ1n) is 10.1. The van der Waals surface area contributed by atoms with Crippen LogP contribution in [0.2, 0.25) is 0 Å². The molecule has 1 aliphatic rings. The minimum absolute atomic E-state index is 0.0344. The van der Waals surface area contributed by atoms with E-state index < -0.39 is 17.8 Å². The molecule has 1 N–H and O–H groups in total. The van der Waals surface area contributed by atoms with Crippen molar-refractivity contribution in [2.75, 3.05) is 16.8 Å². The van der Waals surface area contributed by atoms with Gasteiger partial charge in [0.05, 0.1) is 17.9 Å². The molecule has 3 aromatic rings. The van der Waals surface area contributed by atoms with Gasteiger partial charge in [0.25, 0.3) is 11.8 Å². The highest BCUT2D eigenvalue weighted by molar-refractivity contribution is 6.53. The number of ether oxygens (including phenoxy) is 2. The predicted molar refractivity (Wildman–Crippen MR) is 124 cm³/mol. The van der Waals surface area contributed by atoms with Gasteiger partial charge >= 0.3 is 5.97 Å². The Kier molecular flexibility index (Phi) is 6.42. The Labute approximate surface area is 195 Å². The Morgan fingerprint density at radius 3 is 2.15 bits per heavy atom. The maximum Gasteiger partial charge on any atom is 0.338 e. The Hall–Kier alpha value is -4.10. The van der Waals surface area contributed by atoms with E-state index in [0.717, 1.165) is 4.90 Å². The molecule has 4 rings (SSSR count). The molecule has 0 unspecified atom stereocenters. The van der Waals surface area contributed by atoms with Crippen molar-refractivity contribution in [1.82, 2.24) is 0 Å². The van der Waals surface area contributed by atoms with E-state index in [4.69, 9.17) is 21.1 Å². The van der Waals surface area contributed by atoms with Gasteiger partial charge < -0.3 is 14.8 Å². The van der Waals surface area contributed by atoms with Crippen molar-refractivity contribution in [3.8, 4) is 11.5 Å². The van der Waals surface area contributed by atoms with Gasteiger partial charge in [0.1, 0.15) is 22.2 Å². The van der Waals surface area contributed by atoms with E-state index in [9.17, 15) is 14.4 Å². The molecule has 0 aliphatic carbocycles. The second-order valence-corrected chi connectivity index (χ2v) is 7.34. The number of hydrogen-bond acceptors (Lipinski definition) is 6. The van der Waals surface area contributed by atoms with E-state index >= 15 is 0 Å². The summed E-state index contributed by atoms with van der Waals surface area (Å²) in [6.45, 7) is 1.96. The number of halogens is 1. The van der Waals surface area contributed by atoms with Crippen LogP contribution in [-0.4, -0.2) is 24.4 Å². The molecule has 1 aliphatic heterocycles. The molecule has 0 bridgehead atoms. The van der Waals surface area contributed by atoms with Crippen molar-refractivity contribution in [2.45, 2.75) is 6.92 Å². The summed E-state index contributed by atoms with van der Waals surface area (Å²) in [5.41, 5.74) is 1.13. The topological polar surface area (TPSA) is 84.9 Å². The fourth-order valence-electron chi connectivity index (χ4n) is 3.18. The van der Waals surface area contributed by atoms with Gasteiger partial charge in [-0.15, -0.1) is 0 Å². The molecule has 166 valence electrons. The molecule has 0 atom stereocenters. The summed E-state index contributed by atoms with van der Waals surface area (Å²) in [6.07, 6.45) is 0. The second kappa shape index (κ2) is 9.58. The smallest absolute Gasteiger partial charge is 0.338 e. The number of rotatable bonds is 7. The third-order valence-electron chi connectivity index (χ3n) is 4.77. The van der Waals surface area contributed by atoms with E-state index in [1.165, 1.54) is 24.3 Å². The Balaban J connectivity index is 1.47. The summed E-state index contributed by atoms with van der Waals surface area (Å²) in [5, 5.41) is 2.69. The quantitative estimate of drug-likeness (QED) is 0.389. The molecule has 0 fully saturated rings. The average molecular weight is 463 g/mol. The first kappa shape index (κ1) is 22.1. The van der Waals surface area contributed by atoms with E-state index in [0.29, 0.717) is 28.4 Å². The Bertz CT molecular complexity index is 1220. The van der Waals surface area contributed by atoms with Crippen LogP contribution in [0.1, 0.15) is 17.3 Å². The van der Waals surface area contributed by atoms with E-state index in [2.05, 4.69) is 5.32 Å². The molecule has 8 heteroatoms. The zero-order valence-electron chi connectivity index (χ0n) is 17.6. The van der Waals surface area contributed by atoms with Crippen molar-refractivity contribution in [2.24, 2.45) is 0 Å². The summed E-state index contributed by atoms with van der Waals surface area (Å²) >= 11 is 6.19. The predicted octanol–water partition coefficient (Wildman–Crippen LogP) is 5.09. The molecule has 33 heavy (non-hydrogen) atoms. The van der Waals surface area contributed by atoms with Crippen LogP contribution in [0.5, 0.6) is 11.5 Å². The lowest BCUT2D eigenvalue weighted by Crippen LogP contribution is -2.32. The monoisotopic (exact) mass is 462 g/mol. The minimum atomic E-state index is -0.655. The number of carbonyl (C=O) groups excluding carboxylic acids is 3. The van der Waals surface area contributed by atoms with Crippen LogP contribution in [0.15, 0.2) is 89.6 Å². The first-order chi connectivity index (χ1) is 16.0. The van der Waals surface area contributed by atoms with Gasteiger partial charge in [-0.05, 0) is 67.6 Å². The highest BCUT2D eigenvalue weighted by Gasteiger charge is 2.39.